The molecule has 10 heavy (non-hydrogen) atoms. The van der Waals surface area contributed by atoms with Gasteiger partial charge in [0.25, 0.3) is 0 Å². The van der Waals surface area contributed by atoms with Crippen LogP contribution in [0.2, 0.25) is 0 Å². The Kier molecular flexibility index (Phi) is 2.90. The predicted molar refractivity (Wildman–Crippen MR) is 43.8 cm³/mol. The van der Waals surface area contributed by atoms with Crippen molar-refractivity contribution in [2.24, 2.45) is 0 Å². The van der Waals surface area contributed by atoms with Gasteiger partial charge in [-0.05, 0) is 6.92 Å². The molecule has 2 heteroatoms. The van der Waals surface area contributed by atoms with Crippen LogP contribution < -0.4 is 10.6 Å². The van der Waals surface area contributed by atoms with E-state index in [9.17, 15) is 0 Å². The third-order valence-electron chi connectivity index (χ3n) is 1.56. The van der Waals surface area contributed by atoms with E-state index in [0.717, 1.165) is 25.2 Å². The van der Waals surface area contributed by atoms with Crippen molar-refractivity contribution in [2.45, 2.75) is 13.0 Å². The van der Waals surface area contributed by atoms with Crippen LogP contribution in [-0.2, 0) is 0 Å². The van der Waals surface area contributed by atoms with Crippen LogP contribution in [0.5, 0.6) is 0 Å². The number of hydrogen-bond acceptors (Lipinski definition) is 2. The lowest BCUT2D eigenvalue weighted by atomic mass is 10.1. The van der Waals surface area contributed by atoms with E-state index in [4.69, 9.17) is 0 Å². The Balaban J connectivity index is 2.19. The molecule has 0 saturated carbocycles. The van der Waals surface area contributed by atoms with Crippen LogP contribution in [0.1, 0.15) is 6.92 Å². The predicted octanol–water partition coefficient (Wildman–Crippen LogP) is 0.328. The summed E-state index contributed by atoms with van der Waals surface area (Å²) in [6, 6.07) is 0.492. The summed E-state index contributed by atoms with van der Waals surface area (Å²) in [5.41, 5.74) is 1.14. The number of rotatable bonds is 2. The molecule has 0 amide bonds. The third-order valence-corrected chi connectivity index (χ3v) is 1.56. The first-order valence-electron chi connectivity index (χ1n) is 3.73. The Morgan fingerprint density at radius 3 is 2.90 bits per heavy atom. The molecule has 2 N–H and O–H groups in total. The lowest BCUT2D eigenvalue weighted by molar-refractivity contribution is 0.456. The molecule has 0 aromatic carbocycles. The molecule has 1 fully saturated rings. The van der Waals surface area contributed by atoms with Gasteiger partial charge in [0.15, 0.2) is 0 Å². The lowest BCUT2D eigenvalue weighted by Crippen LogP contribution is -2.48. The molecule has 0 aliphatic carbocycles. The van der Waals surface area contributed by atoms with Crippen LogP contribution >= 0.6 is 0 Å². The first-order valence-corrected chi connectivity index (χ1v) is 3.73. The summed E-state index contributed by atoms with van der Waals surface area (Å²) in [6.07, 6.45) is 2.16. The molecule has 1 unspecified atom stereocenters. The minimum Gasteiger partial charge on any atom is -0.314 e. The molecule has 1 aliphatic heterocycles. The summed E-state index contributed by atoms with van der Waals surface area (Å²) in [7, 11) is 0. The zero-order valence-corrected chi connectivity index (χ0v) is 6.48. The zero-order valence-electron chi connectivity index (χ0n) is 6.48. The van der Waals surface area contributed by atoms with Gasteiger partial charge in [-0.15, -0.1) is 0 Å². The van der Waals surface area contributed by atoms with E-state index in [1.807, 2.05) is 6.92 Å². The van der Waals surface area contributed by atoms with Gasteiger partial charge in [-0.1, -0.05) is 12.2 Å². The average molecular weight is 139 g/mol. The molecule has 57 valence electrons. The summed E-state index contributed by atoms with van der Waals surface area (Å²) >= 11 is 0. The first kappa shape index (κ1) is 7.76. The van der Waals surface area contributed by atoms with Crippen molar-refractivity contribution in [3.05, 3.63) is 18.6 Å². The van der Waals surface area contributed by atoms with Gasteiger partial charge in [0.2, 0.25) is 0 Å². The van der Waals surface area contributed by atoms with E-state index < -0.39 is 0 Å². The number of hydrogen-bond donors (Lipinski definition) is 2. The fraction of sp³-hybridized carbons (Fsp3) is 0.625. The van der Waals surface area contributed by atoms with Crippen molar-refractivity contribution in [1.82, 2.24) is 10.6 Å². The summed E-state index contributed by atoms with van der Waals surface area (Å²) < 4.78 is 0. The van der Waals surface area contributed by atoms with Crippen LogP contribution in [0, 0.1) is 6.42 Å². The molecule has 0 spiro atoms. The maximum absolute atomic E-state index is 3.83. The van der Waals surface area contributed by atoms with Gasteiger partial charge in [-0.3, -0.25) is 0 Å². The highest BCUT2D eigenvalue weighted by Gasteiger charge is 2.10. The molecule has 0 bridgehead atoms. The van der Waals surface area contributed by atoms with Gasteiger partial charge in [-0.2, -0.15) is 0 Å². The highest BCUT2D eigenvalue weighted by atomic mass is 15.0. The molecule has 0 aromatic heterocycles. The monoisotopic (exact) mass is 139 g/mol. The molecule has 1 heterocycles. The Bertz CT molecular complexity index is 114. The van der Waals surface area contributed by atoms with E-state index in [1.165, 1.54) is 0 Å². The van der Waals surface area contributed by atoms with Crippen LogP contribution in [-0.4, -0.2) is 25.7 Å². The highest BCUT2D eigenvalue weighted by Crippen LogP contribution is 2.00. The molecular weight excluding hydrogens is 124 g/mol. The quantitative estimate of drug-likeness (QED) is 0.576. The van der Waals surface area contributed by atoms with Gasteiger partial charge >= 0.3 is 0 Å². The summed E-state index contributed by atoms with van der Waals surface area (Å²) in [5.74, 6) is 0. The summed E-state index contributed by atoms with van der Waals surface area (Å²) in [5, 5.41) is 6.68. The molecule has 1 atom stereocenters. The van der Waals surface area contributed by atoms with Crippen LogP contribution in [0.15, 0.2) is 12.2 Å². The highest BCUT2D eigenvalue weighted by molar-refractivity contribution is 5.10. The first-order chi connectivity index (χ1) is 4.79. The minimum absolute atomic E-state index is 0.492. The van der Waals surface area contributed by atoms with Crippen molar-refractivity contribution in [1.29, 1.82) is 0 Å². The van der Waals surface area contributed by atoms with Gasteiger partial charge in [0.05, 0.1) is 0 Å². The molecule has 1 aliphatic rings. The van der Waals surface area contributed by atoms with Crippen LogP contribution in [0.4, 0.5) is 0 Å². The second kappa shape index (κ2) is 3.74. The Morgan fingerprint density at radius 2 is 2.40 bits per heavy atom. The van der Waals surface area contributed by atoms with E-state index in [0.29, 0.717) is 6.04 Å². The molecule has 1 rings (SSSR count). The number of piperazine rings is 1. The van der Waals surface area contributed by atoms with Gasteiger partial charge in [0, 0.05) is 32.1 Å². The Labute approximate surface area is 62.7 Å². The zero-order chi connectivity index (χ0) is 7.40. The minimum atomic E-state index is 0.492. The fourth-order valence-corrected chi connectivity index (χ4v) is 1.14. The molecule has 2 nitrogen and oxygen atoms in total. The SMILES string of the molecule is C=C(C)[CH]C1CNCCN1. The molecular formula is C8H15N2. The van der Waals surface area contributed by atoms with Gasteiger partial charge < -0.3 is 10.6 Å². The van der Waals surface area contributed by atoms with Gasteiger partial charge in [-0.25, -0.2) is 0 Å². The average Bonchev–Trinajstić information content (AvgIpc) is 1.88. The van der Waals surface area contributed by atoms with E-state index >= 15 is 0 Å². The standard InChI is InChI=1S/C8H15N2/c1-7(2)5-8-6-9-3-4-10-8/h5,8-10H,1,3-4,6H2,2H3. The number of nitrogens with one attached hydrogen (secondary N) is 2. The van der Waals surface area contributed by atoms with Gasteiger partial charge in [0.1, 0.15) is 0 Å². The van der Waals surface area contributed by atoms with Crippen molar-refractivity contribution < 1.29 is 0 Å². The second-order valence-corrected chi connectivity index (χ2v) is 2.78. The fourth-order valence-electron chi connectivity index (χ4n) is 1.14. The van der Waals surface area contributed by atoms with Crippen LogP contribution in [0.3, 0.4) is 0 Å². The van der Waals surface area contributed by atoms with Crippen molar-refractivity contribution in [3.8, 4) is 0 Å². The Hall–Kier alpha value is -0.340. The molecule has 1 saturated heterocycles. The van der Waals surface area contributed by atoms with Crippen molar-refractivity contribution >= 4 is 0 Å². The second-order valence-electron chi connectivity index (χ2n) is 2.78. The van der Waals surface area contributed by atoms with Crippen molar-refractivity contribution in [2.75, 3.05) is 19.6 Å². The molecule has 1 radical (unpaired) electrons. The summed E-state index contributed by atoms with van der Waals surface area (Å²) in [4.78, 5) is 0. The van der Waals surface area contributed by atoms with E-state index in [2.05, 4.69) is 23.6 Å². The maximum atomic E-state index is 3.83. The van der Waals surface area contributed by atoms with E-state index in [-0.39, 0.29) is 0 Å². The third kappa shape index (κ3) is 2.50. The van der Waals surface area contributed by atoms with E-state index in [1.54, 1.807) is 0 Å². The summed E-state index contributed by atoms with van der Waals surface area (Å²) in [6.45, 7) is 9.03. The lowest BCUT2D eigenvalue weighted by Gasteiger charge is -2.24. The molecule has 0 aromatic rings. The van der Waals surface area contributed by atoms with Crippen LogP contribution in [0.25, 0.3) is 0 Å². The largest absolute Gasteiger partial charge is 0.314 e. The normalized spacial score (nSPS) is 26.3. The Morgan fingerprint density at radius 1 is 1.60 bits per heavy atom. The maximum Gasteiger partial charge on any atom is 0.0264 e. The van der Waals surface area contributed by atoms with Crippen molar-refractivity contribution in [3.63, 3.8) is 0 Å². The smallest absolute Gasteiger partial charge is 0.0264 e. The topological polar surface area (TPSA) is 24.1 Å².